The molecule has 1 atom stereocenters. The molecule has 1 unspecified atom stereocenters. The highest BCUT2D eigenvalue weighted by atomic mass is 35.5. The van der Waals surface area contributed by atoms with E-state index >= 15 is 0 Å². The van der Waals surface area contributed by atoms with Crippen LogP contribution in [-0.4, -0.2) is 59.7 Å². The molecule has 1 aromatic rings. The lowest BCUT2D eigenvalue weighted by atomic mass is 10.2. The van der Waals surface area contributed by atoms with Crippen molar-refractivity contribution in [2.75, 3.05) is 32.8 Å². The van der Waals surface area contributed by atoms with E-state index in [0.29, 0.717) is 26.2 Å². The molecule has 5 nitrogen and oxygen atoms in total. The summed E-state index contributed by atoms with van der Waals surface area (Å²) in [6.07, 6.45) is 1.60. The number of rotatable bonds is 3. The van der Waals surface area contributed by atoms with E-state index in [4.69, 9.17) is 28.6 Å². The van der Waals surface area contributed by atoms with E-state index in [1.54, 1.807) is 0 Å². The van der Waals surface area contributed by atoms with Crippen molar-refractivity contribution in [3.8, 4) is 0 Å². The number of nitrogens with zero attached hydrogens (tertiary/aromatic N) is 2. The molecule has 1 amide bonds. The van der Waals surface area contributed by atoms with E-state index in [2.05, 4.69) is 10.2 Å². The fourth-order valence-corrected chi connectivity index (χ4v) is 3.38. The van der Waals surface area contributed by atoms with Gasteiger partial charge in [-0.1, -0.05) is 23.7 Å². The molecule has 2 aliphatic heterocycles. The van der Waals surface area contributed by atoms with Crippen molar-refractivity contribution in [1.82, 2.24) is 15.1 Å². The molecule has 130 valence electrons. The zero-order valence-electron chi connectivity index (χ0n) is 13.5. The van der Waals surface area contributed by atoms with E-state index in [1.165, 1.54) is 0 Å². The summed E-state index contributed by atoms with van der Waals surface area (Å²) in [5, 5.41) is 4.73. The minimum absolute atomic E-state index is 0.132. The van der Waals surface area contributed by atoms with Crippen LogP contribution < -0.4 is 5.32 Å². The monoisotopic (exact) mass is 367 g/mol. The zero-order valence-corrected chi connectivity index (χ0v) is 15.1. The number of hydrogen-bond acceptors (Lipinski definition) is 3. The second-order valence-electron chi connectivity index (χ2n) is 6.10. The maximum Gasteiger partial charge on any atom is 0.251 e. The van der Waals surface area contributed by atoms with Crippen LogP contribution in [0.5, 0.6) is 0 Å². The van der Waals surface area contributed by atoms with Crippen LogP contribution in [0.15, 0.2) is 24.3 Å². The van der Waals surface area contributed by atoms with Crippen LogP contribution in [0.1, 0.15) is 18.4 Å². The Morgan fingerprint density at radius 2 is 1.88 bits per heavy atom. The first-order chi connectivity index (χ1) is 11.6. The minimum Gasteiger partial charge on any atom is -0.368 e. The van der Waals surface area contributed by atoms with Crippen LogP contribution in [0.2, 0.25) is 5.02 Å². The molecule has 2 heterocycles. The number of halogens is 1. The number of benzene rings is 1. The van der Waals surface area contributed by atoms with E-state index < -0.39 is 0 Å². The summed E-state index contributed by atoms with van der Waals surface area (Å²) >= 11 is 11.4. The molecule has 1 aromatic carbocycles. The highest BCUT2D eigenvalue weighted by Crippen LogP contribution is 2.16. The van der Waals surface area contributed by atoms with Gasteiger partial charge in [0.2, 0.25) is 0 Å². The summed E-state index contributed by atoms with van der Waals surface area (Å²) in [6.45, 7) is 4.28. The van der Waals surface area contributed by atoms with E-state index in [-0.39, 0.29) is 12.0 Å². The van der Waals surface area contributed by atoms with Gasteiger partial charge in [-0.25, -0.2) is 0 Å². The lowest BCUT2D eigenvalue weighted by Crippen LogP contribution is -2.54. The topological polar surface area (TPSA) is 44.8 Å². The van der Waals surface area contributed by atoms with Crippen molar-refractivity contribution >= 4 is 34.8 Å². The fourth-order valence-electron chi connectivity index (χ4n) is 3.00. The summed E-state index contributed by atoms with van der Waals surface area (Å²) in [7, 11) is 0. The molecular formula is C17H22ClN3O2S. The van der Waals surface area contributed by atoms with Gasteiger partial charge in [-0.15, -0.1) is 0 Å². The number of thiocarbonyl (C=S) groups is 1. The molecule has 0 radical (unpaired) electrons. The van der Waals surface area contributed by atoms with Crippen molar-refractivity contribution in [2.45, 2.75) is 25.5 Å². The number of nitrogens with one attached hydrogen (secondary N) is 1. The number of ether oxygens (including phenoxy) is 1. The predicted octanol–water partition coefficient (Wildman–Crippen LogP) is 2.04. The summed E-state index contributed by atoms with van der Waals surface area (Å²) < 4.78 is 5.49. The Morgan fingerprint density at radius 3 is 2.50 bits per heavy atom. The van der Waals surface area contributed by atoms with Crippen molar-refractivity contribution in [2.24, 2.45) is 0 Å². The largest absolute Gasteiger partial charge is 0.368 e. The second-order valence-corrected chi connectivity index (χ2v) is 6.92. The van der Waals surface area contributed by atoms with Gasteiger partial charge in [-0.05, 0) is 42.8 Å². The Morgan fingerprint density at radius 1 is 1.21 bits per heavy atom. The Labute approximate surface area is 152 Å². The summed E-state index contributed by atoms with van der Waals surface area (Å²) in [5.41, 5.74) is 1.13. The predicted molar refractivity (Wildman–Crippen MR) is 98.0 cm³/mol. The molecule has 2 fully saturated rings. The summed E-state index contributed by atoms with van der Waals surface area (Å²) in [6, 6.07) is 7.71. The maximum absolute atomic E-state index is 12.3. The number of hydrogen-bond donors (Lipinski definition) is 1. The molecule has 1 N–H and O–H groups in total. The molecule has 0 bridgehead atoms. The van der Waals surface area contributed by atoms with Gasteiger partial charge < -0.3 is 19.9 Å². The Bertz CT molecular complexity index is 582. The van der Waals surface area contributed by atoms with Crippen LogP contribution in [0.25, 0.3) is 0 Å². The maximum atomic E-state index is 12.3. The second kappa shape index (κ2) is 8.14. The number of carbonyl (C=O) groups excluding carboxylic acids is 1. The Hall–Kier alpha value is -1.37. The normalized spacial score (nSPS) is 21.0. The van der Waals surface area contributed by atoms with Gasteiger partial charge >= 0.3 is 0 Å². The molecule has 2 aliphatic rings. The first-order valence-electron chi connectivity index (χ1n) is 8.31. The third kappa shape index (κ3) is 4.37. The van der Waals surface area contributed by atoms with Gasteiger partial charge in [0.25, 0.3) is 5.91 Å². The standard InChI is InChI=1S/C17H22ClN3O2S/c18-14-5-3-13(4-6-14)12-19-17(24)21-9-7-20(8-10-21)16(22)15-2-1-11-23-15/h3-6,15H,1-2,7-12H2,(H,19,24). The Kier molecular flexibility index (Phi) is 5.92. The SMILES string of the molecule is O=C(C1CCCO1)N1CCN(C(=S)NCc2ccc(Cl)cc2)CC1. The highest BCUT2D eigenvalue weighted by Gasteiger charge is 2.30. The van der Waals surface area contributed by atoms with Gasteiger partial charge in [0.15, 0.2) is 5.11 Å². The van der Waals surface area contributed by atoms with Gasteiger partial charge in [-0.3, -0.25) is 4.79 Å². The van der Waals surface area contributed by atoms with E-state index in [9.17, 15) is 4.79 Å². The molecule has 0 saturated carbocycles. The quantitative estimate of drug-likeness (QED) is 0.828. The van der Waals surface area contributed by atoms with Crippen molar-refractivity contribution in [1.29, 1.82) is 0 Å². The van der Waals surface area contributed by atoms with Gasteiger partial charge in [0.1, 0.15) is 6.10 Å². The fraction of sp³-hybridized carbons (Fsp3) is 0.529. The Balaban J connectivity index is 1.43. The average Bonchev–Trinajstić information content (AvgIpc) is 3.15. The average molecular weight is 368 g/mol. The van der Waals surface area contributed by atoms with Crippen LogP contribution in [0.4, 0.5) is 0 Å². The number of amides is 1. The first-order valence-corrected chi connectivity index (χ1v) is 9.10. The molecular weight excluding hydrogens is 346 g/mol. The molecule has 7 heteroatoms. The first kappa shape index (κ1) is 17.5. The lowest BCUT2D eigenvalue weighted by molar-refractivity contribution is -0.142. The van der Waals surface area contributed by atoms with Crippen LogP contribution in [0, 0.1) is 0 Å². The minimum atomic E-state index is -0.230. The summed E-state index contributed by atoms with van der Waals surface area (Å²) in [4.78, 5) is 16.4. The van der Waals surface area contributed by atoms with Crippen LogP contribution in [0.3, 0.4) is 0 Å². The highest BCUT2D eigenvalue weighted by molar-refractivity contribution is 7.80. The zero-order chi connectivity index (χ0) is 16.9. The van der Waals surface area contributed by atoms with Gasteiger partial charge in [0.05, 0.1) is 0 Å². The molecule has 24 heavy (non-hydrogen) atoms. The third-order valence-electron chi connectivity index (χ3n) is 4.44. The number of piperazine rings is 1. The molecule has 0 aromatic heterocycles. The molecule has 0 aliphatic carbocycles. The molecule has 2 saturated heterocycles. The molecule has 0 spiro atoms. The molecule has 3 rings (SSSR count). The lowest BCUT2D eigenvalue weighted by Gasteiger charge is -2.37. The van der Waals surface area contributed by atoms with Crippen molar-refractivity contribution in [3.63, 3.8) is 0 Å². The summed E-state index contributed by atoms with van der Waals surface area (Å²) in [5.74, 6) is 0.132. The van der Waals surface area contributed by atoms with E-state index in [0.717, 1.165) is 41.6 Å². The van der Waals surface area contributed by atoms with E-state index in [1.807, 2.05) is 29.2 Å². The van der Waals surface area contributed by atoms with Crippen molar-refractivity contribution < 1.29 is 9.53 Å². The smallest absolute Gasteiger partial charge is 0.251 e. The van der Waals surface area contributed by atoms with Crippen LogP contribution in [-0.2, 0) is 16.1 Å². The van der Waals surface area contributed by atoms with Gasteiger partial charge in [-0.2, -0.15) is 0 Å². The number of carbonyl (C=O) groups is 1. The van der Waals surface area contributed by atoms with Crippen molar-refractivity contribution in [3.05, 3.63) is 34.9 Å². The third-order valence-corrected chi connectivity index (χ3v) is 5.10. The van der Waals surface area contributed by atoms with Crippen LogP contribution >= 0.6 is 23.8 Å². The van der Waals surface area contributed by atoms with Gasteiger partial charge in [0, 0.05) is 44.4 Å².